The number of thiophene rings is 1. The Labute approximate surface area is 110 Å². The predicted octanol–water partition coefficient (Wildman–Crippen LogP) is 3.46. The van der Waals surface area contributed by atoms with Crippen LogP contribution >= 0.6 is 22.9 Å². The Morgan fingerprint density at radius 1 is 1.41 bits per heavy atom. The van der Waals surface area contributed by atoms with Gasteiger partial charge >= 0.3 is 0 Å². The Hall–Kier alpha value is -0.870. The molecule has 2 rings (SSSR count). The number of aryl methyl sites for hydroxylation is 1. The van der Waals surface area contributed by atoms with Crippen LogP contribution in [-0.2, 0) is 6.42 Å². The van der Waals surface area contributed by atoms with E-state index >= 15 is 0 Å². The molecule has 0 saturated heterocycles. The number of nitrogens with two attached hydrogens (primary N) is 1. The summed E-state index contributed by atoms with van der Waals surface area (Å²) in [5.74, 6) is 5.61. The molecule has 1 aromatic carbocycles. The van der Waals surface area contributed by atoms with Crippen molar-refractivity contribution in [2.75, 3.05) is 0 Å². The van der Waals surface area contributed by atoms with Gasteiger partial charge in [0, 0.05) is 9.90 Å². The van der Waals surface area contributed by atoms with Crippen LogP contribution < -0.4 is 11.3 Å². The maximum Gasteiger partial charge on any atom is 0.0594 e. The van der Waals surface area contributed by atoms with Crippen molar-refractivity contribution < 1.29 is 0 Å². The van der Waals surface area contributed by atoms with Crippen molar-refractivity contribution in [3.63, 3.8) is 0 Å². The van der Waals surface area contributed by atoms with E-state index in [0.717, 1.165) is 17.0 Å². The van der Waals surface area contributed by atoms with Crippen molar-refractivity contribution >= 4 is 22.9 Å². The van der Waals surface area contributed by atoms with Gasteiger partial charge in [-0.05, 0) is 42.0 Å². The molecule has 2 nitrogen and oxygen atoms in total. The molecule has 90 valence electrons. The minimum absolute atomic E-state index is 0.121. The highest BCUT2D eigenvalue weighted by atomic mass is 35.5. The number of hydrazine groups is 1. The van der Waals surface area contributed by atoms with E-state index in [1.54, 1.807) is 11.3 Å². The van der Waals surface area contributed by atoms with E-state index in [0.29, 0.717) is 0 Å². The van der Waals surface area contributed by atoms with E-state index < -0.39 is 0 Å². The number of nitrogens with one attached hydrogen (secondary N) is 1. The third-order valence-electron chi connectivity index (χ3n) is 2.72. The maximum absolute atomic E-state index is 6.23. The van der Waals surface area contributed by atoms with Crippen molar-refractivity contribution in [2.45, 2.75) is 19.4 Å². The summed E-state index contributed by atoms with van der Waals surface area (Å²) >= 11 is 7.93. The third kappa shape index (κ3) is 3.07. The van der Waals surface area contributed by atoms with Crippen molar-refractivity contribution in [1.29, 1.82) is 0 Å². The van der Waals surface area contributed by atoms with Crippen LogP contribution in [0.25, 0.3) is 0 Å². The second-order valence-electron chi connectivity index (χ2n) is 4.03. The largest absolute Gasteiger partial charge is 0.271 e. The standard InChI is InChI=1S/C13H15ClN2S/c1-9-4-5-10(11(14)7-9)8-12(16-15)13-3-2-6-17-13/h2-7,12,16H,8,15H2,1H3. The Balaban J connectivity index is 2.19. The minimum atomic E-state index is 0.121. The van der Waals surface area contributed by atoms with Crippen molar-refractivity contribution in [2.24, 2.45) is 5.84 Å². The SMILES string of the molecule is Cc1ccc(CC(NN)c2cccs2)c(Cl)c1. The first-order valence-electron chi connectivity index (χ1n) is 5.45. The Bertz CT molecular complexity index is 482. The van der Waals surface area contributed by atoms with Crippen LogP contribution in [0.15, 0.2) is 35.7 Å². The molecule has 4 heteroatoms. The van der Waals surface area contributed by atoms with Gasteiger partial charge in [0.25, 0.3) is 0 Å². The average Bonchev–Trinajstić information content (AvgIpc) is 2.81. The summed E-state index contributed by atoms with van der Waals surface area (Å²) in [4.78, 5) is 1.23. The molecular weight excluding hydrogens is 252 g/mol. The molecule has 1 aromatic heterocycles. The van der Waals surface area contributed by atoms with Gasteiger partial charge in [-0.25, -0.2) is 0 Å². The number of rotatable bonds is 4. The lowest BCUT2D eigenvalue weighted by Gasteiger charge is -2.15. The summed E-state index contributed by atoms with van der Waals surface area (Å²) in [5, 5.41) is 2.86. The summed E-state index contributed by atoms with van der Waals surface area (Å²) in [7, 11) is 0. The molecule has 0 radical (unpaired) electrons. The van der Waals surface area contributed by atoms with Gasteiger partial charge in [-0.15, -0.1) is 11.3 Å². The third-order valence-corrected chi connectivity index (χ3v) is 4.06. The lowest BCUT2D eigenvalue weighted by molar-refractivity contribution is 0.560. The van der Waals surface area contributed by atoms with Crippen LogP contribution in [0.2, 0.25) is 5.02 Å². The fourth-order valence-corrected chi connectivity index (χ4v) is 2.87. The van der Waals surface area contributed by atoms with E-state index in [2.05, 4.69) is 29.0 Å². The first kappa shape index (κ1) is 12.6. The highest BCUT2D eigenvalue weighted by Gasteiger charge is 2.13. The Morgan fingerprint density at radius 3 is 2.82 bits per heavy atom. The van der Waals surface area contributed by atoms with Gasteiger partial charge in [0.2, 0.25) is 0 Å². The first-order valence-corrected chi connectivity index (χ1v) is 6.71. The van der Waals surface area contributed by atoms with Gasteiger partial charge in [0.15, 0.2) is 0 Å². The molecule has 0 saturated carbocycles. The van der Waals surface area contributed by atoms with E-state index in [4.69, 9.17) is 17.4 Å². The molecule has 1 unspecified atom stereocenters. The van der Waals surface area contributed by atoms with Crippen molar-refractivity contribution in [3.8, 4) is 0 Å². The molecule has 0 aliphatic rings. The molecule has 0 aliphatic heterocycles. The zero-order chi connectivity index (χ0) is 12.3. The number of halogens is 1. The summed E-state index contributed by atoms with van der Waals surface area (Å²) < 4.78 is 0. The van der Waals surface area contributed by atoms with Crippen molar-refractivity contribution in [1.82, 2.24) is 5.43 Å². The van der Waals surface area contributed by atoms with Crippen LogP contribution in [0.3, 0.4) is 0 Å². The van der Waals surface area contributed by atoms with E-state index in [1.807, 2.05) is 19.1 Å². The molecule has 3 N–H and O–H groups in total. The molecule has 0 amide bonds. The van der Waals surface area contributed by atoms with Gasteiger partial charge < -0.3 is 0 Å². The summed E-state index contributed by atoms with van der Waals surface area (Å²) in [6, 6.07) is 10.4. The molecule has 0 bridgehead atoms. The lowest BCUT2D eigenvalue weighted by Crippen LogP contribution is -2.29. The van der Waals surface area contributed by atoms with Gasteiger partial charge in [0.1, 0.15) is 0 Å². The van der Waals surface area contributed by atoms with Crippen LogP contribution in [0.1, 0.15) is 22.0 Å². The number of hydrogen-bond donors (Lipinski definition) is 2. The fraction of sp³-hybridized carbons (Fsp3) is 0.231. The minimum Gasteiger partial charge on any atom is -0.271 e. The van der Waals surface area contributed by atoms with Gasteiger partial charge in [-0.1, -0.05) is 29.8 Å². The smallest absolute Gasteiger partial charge is 0.0594 e. The zero-order valence-electron chi connectivity index (χ0n) is 9.61. The molecule has 1 atom stereocenters. The molecule has 0 fully saturated rings. The highest BCUT2D eigenvalue weighted by molar-refractivity contribution is 7.10. The zero-order valence-corrected chi connectivity index (χ0v) is 11.2. The lowest BCUT2D eigenvalue weighted by atomic mass is 10.0. The average molecular weight is 267 g/mol. The van der Waals surface area contributed by atoms with E-state index in [1.165, 1.54) is 10.4 Å². The summed E-state index contributed by atoms with van der Waals surface area (Å²) in [6.45, 7) is 2.04. The Kier molecular flexibility index (Phi) is 4.18. The van der Waals surface area contributed by atoms with Gasteiger partial charge in [-0.3, -0.25) is 11.3 Å². The van der Waals surface area contributed by atoms with Crippen LogP contribution in [0.5, 0.6) is 0 Å². The second-order valence-corrected chi connectivity index (χ2v) is 5.42. The second kappa shape index (κ2) is 5.65. The van der Waals surface area contributed by atoms with Crippen LogP contribution in [0.4, 0.5) is 0 Å². The fourth-order valence-electron chi connectivity index (χ4n) is 1.77. The van der Waals surface area contributed by atoms with E-state index in [-0.39, 0.29) is 6.04 Å². The maximum atomic E-state index is 6.23. The van der Waals surface area contributed by atoms with Crippen molar-refractivity contribution in [3.05, 3.63) is 56.7 Å². The Morgan fingerprint density at radius 2 is 2.24 bits per heavy atom. The molecule has 0 spiro atoms. The monoisotopic (exact) mass is 266 g/mol. The summed E-state index contributed by atoms with van der Waals surface area (Å²) in [6.07, 6.45) is 0.802. The number of benzene rings is 1. The van der Waals surface area contributed by atoms with Crippen LogP contribution in [-0.4, -0.2) is 0 Å². The summed E-state index contributed by atoms with van der Waals surface area (Å²) in [5.41, 5.74) is 5.14. The normalized spacial score (nSPS) is 12.6. The number of hydrogen-bond acceptors (Lipinski definition) is 3. The first-order chi connectivity index (χ1) is 8.20. The van der Waals surface area contributed by atoms with Gasteiger partial charge in [0.05, 0.1) is 6.04 Å². The molecular formula is C13H15ClN2S. The van der Waals surface area contributed by atoms with Gasteiger partial charge in [-0.2, -0.15) is 0 Å². The molecule has 0 aliphatic carbocycles. The van der Waals surface area contributed by atoms with Crippen LogP contribution in [0, 0.1) is 6.92 Å². The topological polar surface area (TPSA) is 38.0 Å². The molecule has 2 aromatic rings. The molecule has 17 heavy (non-hydrogen) atoms. The molecule has 1 heterocycles. The van der Waals surface area contributed by atoms with E-state index in [9.17, 15) is 0 Å². The highest BCUT2D eigenvalue weighted by Crippen LogP contribution is 2.26. The predicted molar refractivity (Wildman–Crippen MR) is 74.3 cm³/mol. The quantitative estimate of drug-likeness (QED) is 0.657.